The minimum Gasteiger partial charge on any atom is -1.00 e. The van der Waals surface area contributed by atoms with Crippen LogP contribution in [0.1, 0.15) is 21.7 Å². The second kappa shape index (κ2) is 7.11. The summed E-state index contributed by atoms with van der Waals surface area (Å²) in [7, 11) is 0. The van der Waals surface area contributed by atoms with Gasteiger partial charge in [-0.05, 0) is 0 Å². The van der Waals surface area contributed by atoms with Crippen molar-refractivity contribution in [3.63, 3.8) is 0 Å². The Kier molecular flexibility index (Phi) is 8.41. The van der Waals surface area contributed by atoms with E-state index in [1.807, 2.05) is 13.0 Å². The Morgan fingerprint density at radius 2 is 1.69 bits per heavy atom. The number of halogens is 5. The van der Waals surface area contributed by atoms with Crippen molar-refractivity contribution in [1.82, 2.24) is 0 Å². The quantitative estimate of drug-likeness (QED) is 0.431. The van der Waals surface area contributed by atoms with Gasteiger partial charge in [-0.3, -0.25) is 0 Å². The Bertz CT molecular complexity index is 407. The average molecular weight is 363 g/mol. The molecule has 2 rings (SSSR count). The van der Waals surface area contributed by atoms with E-state index in [2.05, 4.69) is 0 Å². The van der Waals surface area contributed by atoms with E-state index in [9.17, 15) is 8.78 Å². The van der Waals surface area contributed by atoms with E-state index in [1.54, 1.807) is 0 Å². The summed E-state index contributed by atoms with van der Waals surface area (Å²) in [5.41, 5.74) is 2.49. The van der Waals surface area contributed by atoms with Crippen LogP contribution in [0.2, 0.25) is 0 Å². The summed E-state index contributed by atoms with van der Waals surface area (Å²) >= 11 is 1.28. The molecule has 1 aromatic rings. The van der Waals surface area contributed by atoms with E-state index >= 15 is 0 Å². The minimum absolute atomic E-state index is 0. The normalized spacial score (nSPS) is 16.3. The maximum Gasteiger partial charge on any atom is -1.00 e. The molecule has 86 valence electrons. The van der Waals surface area contributed by atoms with Crippen LogP contribution in [0, 0.1) is 11.6 Å². The molecule has 1 aliphatic carbocycles. The summed E-state index contributed by atoms with van der Waals surface area (Å²) in [6.45, 7) is 1.96. The topological polar surface area (TPSA) is 0 Å². The van der Waals surface area contributed by atoms with Gasteiger partial charge in [0.1, 0.15) is 0 Å². The fourth-order valence-electron chi connectivity index (χ4n) is 1.55. The van der Waals surface area contributed by atoms with Gasteiger partial charge in [-0.2, -0.15) is 0 Å². The molecule has 16 heavy (non-hydrogen) atoms. The molecule has 0 nitrogen and oxygen atoms in total. The summed E-state index contributed by atoms with van der Waals surface area (Å²) < 4.78 is 26.3. The Morgan fingerprint density at radius 1 is 1.12 bits per heavy atom. The molecule has 0 aromatic heterocycles. The monoisotopic (exact) mass is 360 g/mol. The maximum atomic E-state index is 13.2. The van der Waals surface area contributed by atoms with Gasteiger partial charge in [0.15, 0.2) is 0 Å². The van der Waals surface area contributed by atoms with Gasteiger partial charge in [0.25, 0.3) is 0 Å². The van der Waals surface area contributed by atoms with Crippen LogP contribution in [-0.4, -0.2) is 0 Å². The van der Waals surface area contributed by atoms with Crippen molar-refractivity contribution in [2.45, 2.75) is 10.5 Å². The number of allylic oxidation sites excluding steroid dienone is 1. The van der Waals surface area contributed by atoms with E-state index in [0.717, 1.165) is 17.2 Å². The molecule has 0 spiro atoms. The van der Waals surface area contributed by atoms with Crippen LogP contribution in [-0.2, 0) is 24.7 Å². The molecule has 0 saturated heterocycles. The standard InChI is InChI=1S/C10H7F2.3ClH.Zr/c1-6-2-7-4-8(11)5-10(12)9(7)3-6;;;;/h2-5H,1H3;3*1H;/q;;;;+3/p-3. The number of fused-ring (bicyclic) bond motifs is 1. The van der Waals surface area contributed by atoms with Gasteiger partial charge >= 0.3 is 90.6 Å². The first-order valence-corrected chi connectivity index (χ1v) is 5.40. The Labute approximate surface area is 127 Å². The smallest absolute Gasteiger partial charge is 1.00 e. The van der Waals surface area contributed by atoms with E-state index < -0.39 is 11.6 Å². The third-order valence-corrected chi connectivity index (χ3v) is 4.15. The van der Waals surface area contributed by atoms with Crippen molar-refractivity contribution < 1.29 is 70.7 Å². The van der Waals surface area contributed by atoms with Crippen molar-refractivity contribution >= 4 is 6.08 Å². The van der Waals surface area contributed by atoms with Gasteiger partial charge in [0.05, 0.1) is 0 Å². The molecule has 0 fully saturated rings. The average Bonchev–Trinajstić information content (AvgIpc) is 2.32. The second-order valence-electron chi connectivity index (χ2n) is 3.21. The van der Waals surface area contributed by atoms with Gasteiger partial charge in [-0.1, -0.05) is 0 Å². The summed E-state index contributed by atoms with van der Waals surface area (Å²) in [6.07, 6.45) is 1.81. The van der Waals surface area contributed by atoms with Crippen LogP contribution in [0.5, 0.6) is 0 Å². The summed E-state index contributed by atoms with van der Waals surface area (Å²) in [4.78, 5) is 0. The van der Waals surface area contributed by atoms with Crippen LogP contribution < -0.4 is 37.2 Å². The van der Waals surface area contributed by atoms with Crippen molar-refractivity contribution in [3.8, 4) is 0 Å². The molecular formula is C10H7Cl3F2Zr. The molecule has 1 aromatic carbocycles. The van der Waals surface area contributed by atoms with Crippen LogP contribution in [0.4, 0.5) is 8.78 Å². The number of hydrogen-bond acceptors (Lipinski definition) is 0. The van der Waals surface area contributed by atoms with E-state index in [4.69, 9.17) is 0 Å². The third-order valence-electron chi connectivity index (χ3n) is 2.26. The van der Waals surface area contributed by atoms with Gasteiger partial charge in [-0.15, -0.1) is 0 Å². The van der Waals surface area contributed by atoms with Gasteiger partial charge < -0.3 is 37.2 Å². The molecule has 0 amide bonds. The van der Waals surface area contributed by atoms with Crippen molar-refractivity contribution in [3.05, 3.63) is 40.5 Å². The van der Waals surface area contributed by atoms with E-state index in [-0.39, 0.29) is 40.8 Å². The van der Waals surface area contributed by atoms with Crippen LogP contribution in [0.3, 0.4) is 0 Å². The summed E-state index contributed by atoms with van der Waals surface area (Å²) in [5.74, 6) is -0.925. The van der Waals surface area contributed by atoms with Crippen LogP contribution in [0.15, 0.2) is 17.7 Å². The maximum absolute atomic E-state index is 13.2. The largest absolute Gasteiger partial charge is 1.00 e. The molecule has 0 heterocycles. The molecule has 1 unspecified atom stereocenters. The molecule has 6 heteroatoms. The van der Waals surface area contributed by atoms with E-state index in [1.165, 1.54) is 30.8 Å². The van der Waals surface area contributed by atoms with Crippen LogP contribution >= 0.6 is 0 Å². The van der Waals surface area contributed by atoms with Crippen molar-refractivity contribution in [2.75, 3.05) is 0 Å². The minimum atomic E-state index is -0.480. The van der Waals surface area contributed by atoms with Gasteiger partial charge in [-0.25, -0.2) is 0 Å². The third kappa shape index (κ3) is 3.29. The molecule has 1 atom stereocenters. The van der Waals surface area contributed by atoms with Gasteiger partial charge in [0.2, 0.25) is 0 Å². The molecule has 0 saturated carbocycles. The molecule has 1 aliphatic rings. The Morgan fingerprint density at radius 3 is 2.25 bits per heavy atom. The zero-order valence-electron chi connectivity index (χ0n) is 8.20. The summed E-state index contributed by atoms with van der Waals surface area (Å²) in [6, 6.07) is 2.38. The molecule has 0 aliphatic heterocycles. The van der Waals surface area contributed by atoms with Gasteiger partial charge in [0, 0.05) is 0 Å². The fraction of sp³-hybridized carbons (Fsp3) is 0.200. The molecule has 0 bridgehead atoms. The SMILES string of the molecule is CC1=Cc2c(F)cc(F)cc2[CH]1[Zr+3].[Cl-].[Cl-].[Cl-]. The Hall–Kier alpha value is 0.573. The second-order valence-corrected chi connectivity index (χ2v) is 4.63. The fourth-order valence-corrected chi connectivity index (χ4v) is 2.34. The predicted octanol–water partition coefficient (Wildman–Crippen LogP) is -6.02. The molecule has 0 N–H and O–H groups in total. The van der Waals surface area contributed by atoms with Crippen molar-refractivity contribution in [2.24, 2.45) is 0 Å². The van der Waals surface area contributed by atoms with Crippen LogP contribution in [0.25, 0.3) is 6.08 Å². The Balaban J connectivity index is 0. The van der Waals surface area contributed by atoms with Crippen molar-refractivity contribution in [1.29, 1.82) is 0 Å². The zero-order chi connectivity index (χ0) is 9.59. The molecule has 0 radical (unpaired) electrons. The number of hydrogen-bond donors (Lipinski definition) is 0. The predicted molar refractivity (Wildman–Crippen MR) is 42.8 cm³/mol. The summed E-state index contributed by atoms with van der Waals surface area (Å²) in [5, 5.41) is 0. The first-order valence-electron chi connectivity index (χ1n) is 3.98. The number of benzene rings is 1. The first-order chi connectivity index (χ1) is 6.09. The molecular weight excluding hydrogens is 356 g/mol. The first kappa shape index (κ1) is 18.9. The zero-order valence-corrected chi connectivity index (χ0v) is 12.9. The van der Waals surface area contributed by atoms with E-state index in [0.29, 0.717) is 5.56 Å². The number of rotatable bonds is 0.